The molecule has 0 saturated heterocycles. The lowest BCUT2D eigenvalue weighted by Crippen LogP contribution is -2.92. The Morgan fingerprint density at radius 2 is 1.87 bits per heavy atom. The van der Waals surface area contributed by atoms with E-state index in [4.69, 9.17) is 0 Å². The van der Waals surface area contributed by atoms with Gasteiger partial charge in [0.25, 0.3) is 5.91 Å². The third-order valence-electron chi connectivity index (χ3n) is 3.97. The summed E-state index contributed by atoms with van der Waals surface area (Å²) in [6, 6.07) is 13.1. The summed E-state index contributed by atoms with van der Waals surface area (Å²) >= 11 is 1.74. The summed E-state index contributed by atoms with van der Waals surface area (Å²) in [5, 5.41) is 6.96. The van der Waals surface area contributed by atoms with Crippen molar-refractivity contribution in [2.45, 2.75) is 39.3 Å². The smallest absolute Gasteiger partial charge is 0.277 e. The average Bonchev–Trinajstić information content (AvgIpc) is 3.06. The van der Waals surface area contributed by atoms with Crippen molar-refractivity contribution >= 4 is 17.2 Å². The van der Waals surface area contributed by atoms with Crippen LogP contribution in [0.3, 0.4) is 0 Å². The molecule has 0 aliphatic carbocycles. The lowest BCUT2D eigenvalue weighted by Gasteiger charge is -2.19. The first kappa shape index (κ1) is 17.7. The zero-order valence-corrected chi connectivity index (χ0v) is 15.2. The van der Waals surface area contributed by atoms with E-state index in [-0.39, 0.29) is 18.0 Å². The molecule has 1 heterocycles. The van der Waals surface area contributed by atoms with Crippen molar-refractivity contribution in [3.63, 3.8) is 0 Å². The summed E-state index contributed by atoms with van der Waals surface area (Å²) < 4.78 is 0. The molecular weight excluding hydrogens is 304 g/mol. The van der Waals surface area contributed by atoms with Gasteiger partial charge in [0.05, 0.1) is 4.88 Å². The highest BCUT2D eigenvalue weighted by Gasteiger charge is 2.24. The van der Waals surface area contributed by atoms with Crippen LogP contribution < -0.4 is 10.6 Å². The van der Waals surface area contributed by atoms with E-state index in [9.17, 15) is 4.79 Å². The van der Waals surface area contributed by atoms with Gasteiger partial charge in [-0.05, 0) is 36.3 Å². The predicted molar refractivity (Wildman–Crippen MR) is 96.6 cm³/mol. The van der Waals surface area contributed by atoms with E-state index in [1.807, 2.05) is 6.92 Å². The number of carbonyl (C=O) groups excluding carboxylic acids is 1. The topological polar surface area (TPSA) is 45.7 Å². The van der Waals surface area contributed by atoms with E-state index in [1.54, 1.807) is 18.4 Å². The first-order chi connectivity index (χ1) is 11.0. The van der Waals surface area contributed by atoms with E-state index in [0.29, 0.717) is 5.92 Å². The summed E-state index contributed by atoms with van der Waals surface area (Å²) in [4.78, 5) is 13.2. The van der Waals surface area contributed by atoms with Gasteiger partial charge in [-0.15, -0.1) is 11.3 Å². The van der Waals surface area contributed by atoms with Crippen LogP contribution in [0.15, 0.2) is 41.8 Å². The van der Waals surface area contributed by atoms with Crippen molar-refractivity contribution in [2.24, 2.45) is 5.92 Å². The van der Waals surface area contributed by atoms with Crippen molar-refractivity contribution in [3.8, 4) is 0 Å². The van der Waals surface area contributed by atoms with Crippen molar-refractivity contribution in [1.82, 2.24) is 5.32 Å². The molecule has 124 valence electrons. The molecule has 0 aliphatic rings. The highest BCUT2D eigenvalue weighted by molar-refractivity contribution is 7.10. The fraction of sp³-hybridized carbons (Fsp3) is 0.421. The molecule has 4 heteroatoms. The van der Waals surface area contributed by atoms with Crippen LogP contribution in [0.25, 0.3) is 0 Å². The minimum absolute atomic E-state index is 0.0583. The number of amides is 1. The van der Waals surface area contributed by atoms with E-state index < -0.39 is 0 Å². The lowest BCUT2D eigenvalue weighted by atomic mass is 9.98. The normalized spacial score (nSPS) is 13.8. The van der Waals surface area contributed by atoms with Crippen LogP contribution in [0.2, 0.25) is 0 Å². The van der Waals surface area contributed by atoms with Gasteiger partial charge in [0.2, 0.25) is 0 Å². The van der Waals surface area contributed by atoms with Crippen LogP contribution in [0.4, 0.5) is 0 Å². The van der Waals surface area contributed by atoms with Crippen LogP contribution in [-0.2, 0) is 11.2 Å². The van der Waals surface area contributed by atoms with Gasteiger partial charge in [-0.25, -0.2) is 0 Å². The molecule has 1 amide bonds. The van der Waals surface area contributed by atoms with Gasteiger partial charge in [0, 0.05) is 12.6 Å². The summed E-state index contributed by atoms with van der Waals surface area (Å²) in [6.07, 6.45) is 1.10. The second kappa shape index (κ2) is 8.27. The molecule has 1 aromatic heterocycles. The maximum absolute atomic E-state index is 11.9. The summed E-state index contributed by atoms with van der Waals surface area (Å²) in [6.45, 7) is 6.43. The maximum atomic E-state index is 11.9. The Balaban J connectivity index is 2.22. The zero-order chi connectivity index (χ0) is 16.8. The minimum Gasteiger partial charge on any atom is -0.354 e. The molecule has 0 unspecified atom stereocenters. The first-order valence-electron chi connectivity index (χ1n) is 8.20. The largest absolute Gasteiger partial charge is 0.354 e. The number of benzene rings is 1. The number of carbonyl (C=O) groups is 1. The fourth-order valence-corrected chi connectivity index (χ4v) is 3.61. The standard InChI is InChI=1S/C19H26N2OS/c1-13(2)12-15-7-9-16(10-8-15)18(17-6-5-11-23-17)21-14(3)19(22)20-4/h5-11,13-14,18,21H,12H2,1-4H3,(H,20,22)/p+1/t14-,18-/m1/s1. The molecule has 0 aliphatic heterocycles. The molecule has 0 fully saturated rings. The van der Waals surface area contributed by atoms with Crippen LogP contribution in [0.1, 0.15) is 42.8 Å². The Kier molecular flexibility index (Phi) is 6.37. The average molecular weight is 332 g/mol. The van der Waals surface area contributed by atoms with Gasteiger partial charge in [-0.2, -0.15) is 0 Å². The molecule has 2 rings (SSSR count). The quantitative estimate of drug-likeness (QED) is 0.805. The number of thiophene rings is 1. The number of hydrogen-bond donors (Lipinski definition) is 2. The number of rotatable bonds is 7. The van der Waals surface area contributed by atoms with Crippen LogP contribution in [0, 0.1) is 5.92 Å². The minimum atomic E-state index is -0.123. The molecule has 0 radical (unpaired) electrons. The molecule has 2 atom stereocenters. The lowest BCUT2D eigenvalue weighted by molar-refractivity contribution is -0.704. The summed E-state index contributed by atoms with van der Waals surface area (Å²) in [5.41, 5.74) is 2.61. The zero-order valence-electron chi connectivity index (χ0n) is 14.4. The van der Waals surface area contributed by atoms with Crippen molar-refractivity contribution in [1.29, 1.82) is 0 Å². The number of likely N-dealkylation sites (N-methyl/N-ethyl adjacent to an activating group) is 1. The van der Waals surface area contributed by atoms with Crippen LogP contribution in [0.5, 0.6) is 0 Å². The second-order valence-corrected chi connectivity index (χ2v) is 7.41. The highest BCUT2D eigenvalue weighted by Crippen LogP contribution is 2.23. The summed E-state index contributed by atoms with van der Waals surface area (Å²) in [5.74, 6) is 0.719. The van der Waals surface area contributed by atoms with Crippen LogP contribution >= 0.6 is 11.3 Å². The summed E-state index contributed by atoms with van der Waals surface area (Å²) in [7, 11) is 1.69. The molecule has 3 N–H and O–H groups in total. The van der Waals surface area contributed by atoms with E-state index in [0.717, 1.165) is 6.42 Å². The third-order valence-corrected chi connectivity index (χ3v) is 4.93. The Bertz CT molecular complexity index is 605. The second-order valence-electron chi connectivity index (χ2n) is 6.43. The predicted octanol–water partition coefficient (Wildman–Crippen LogP) is 2.73. The monoisotopic (exact) mass is 331 g/mol. The molecule has 0 spiro atoms. The molecule has 2 aromatic rings. The third kappa shape index (κ3) is 4.91. The van der Waals surface area contributed by atoms with Gasteiger partial charge in [-0.1, -0.05) is 44.2 Å². The van der Waals surface area contributed by atoms with Crippen molar-refractivity contribution in [2.75, 3.05) is 7.05 Å². The Morgan fingerprint density at radius 3 is 2.39 bits per heavy atom. The molecule has 3 nitrogen and oxygen atoms in total. The first-order valence-corrected chi connectivity index (χ1v) is 9.08. The van der Waals surface area contributed by atoms with Gasteiger partial charge < -0.3 is 10.6 Å². The van der Waals surface area contributed by atoms with Gasteiger partial charge >= 0.3 is 0 Å². The van der Waals surface area contributed by atoms with Crippen molar-refractivity contribution in [3.05, 3.63) is 57.8 Å². The van der Waals surface area contributed by atoms with Gasteiger partial charge in [-0.3, -0.25) is 4.79 Å². The number of nitrogens with two attached hydrogens (primary N) is 1. The van der Waals surface area contributed by atoms with Crippen LogP contribution in [-0.4, -0.2) is 19.0 Å². The molecule has 0 bridgehead atoms. The fourth-order valence-electron chi connectivity index (χ4n) is 2.77. The molecule has 0 saturated carbocycles. The number of quaternary nitrogens is 1. The Morgan fingerprint density at radius 1 is 1.17 bits per heavy atom. The van der Waals surface area contributed by atoms with Gasteiger partial charge in [0.1, 0.15) is 6.04 Å². The van der Waals surface area contributed by atoms with E-state index in [1.165, 1.54) is 16.0 Å². The maximum Gasteiger partial charge on any atom is 0.277 e. The molecule has 1 aromatic carbocycles. The van der Waals surface area contributed by atoms with Crippen molar-refractivity contribution < 1.29 is 10.1 Å². The number of nitrogens with one attached hydrogen (secondary N) is 1. The Hall–Kier alpha value is -1.65. The van der Waals surface area contributed by atoms with E-state index >= 15 is 0 Å². The Labute approximate surface area is 143 Å². The SMILES string of the molecule is CNC(=O)[C@@H](C)[NH2+][C@H](c1ccc(CC(C)C)cc1)c1cccs1. The number of hydrogen-bond acceptors (Lipinski definition) is 2. The molecule has 23 heavy (non-hydrogen) atoms. The van der Waals surface area contributed by atoms with E-state index in [2.05, 4.69) is 66.3 Å². The van der Waals surface area contributed by atoms with Gasteiger partial charge in [0.15, 0.2) is 6.04 Å². The molecular formula is C19H27N2OS+. The highest BCUT2D eigenvalue weighted by atomic mass is 32.1.